The topological polar surface area (TPSA) is 103 Å². The van der Waals surface area contributed by atoms with Gasteiger partial charge < -0.3 is 30.1 Å². The minimum atomic E-state index is -0.485. The molecule has 0 bridgehead atoms. The first-order valence-electron chi connectivity index (χ1n) is 16.2. The molecule has 4 fully saturated rings. The summed E-state index contributed by atoms with van der Waals surface area (Å²) in [5, 5.41) is 6.10. The number of piperidine rings is 1. The standard InChI is InChI=1S/C33H46FN7O3/c1-22(2)41(23(3)4)30(42)26-15-25(34)5-6-27(26)44-28-16-35-21-37-29(28)40-19-32(20-40)11-13-39(14-12-32)17-24-7-9-33(10-8-24)18-36-31(43)38-33/h5-6,15-16,21-24H,7-14,17-20H2,1-4H3,(H2,36,38,43). The van der Waals surface area contributed by atoms with E-state index in [1.165, 1.54) is 37.4 Å². The molecule has 6 rings (SSSR count). The molecule has 4 heterocycles. The third-order valence-electron chi connectivity index (χ3n) is 10.2. The van der Waals surface area contributed by atoms with E-state index in [9.17, 15) is 14.0 Å². The van der Waals surface area contributed by atoms with Gasteiger partial charge in [-0.25, -0.2) is 19.2 Å². The minimum absolute atomic E-state index is 0.0186. The van der Waals surface area contributed by atoms with Gasteiger partial charge in [0.25, 0.3) is 5.91 Å². The number of ether oxygens (including phenoxy) is 1. The Morgan fingerprint density at radius 1 is 1.09 bits per heavy atom. The number of amides is 3. The van der Waals surface area contributed by atoms with Gasteiger partial charge in [0.1, 0.15) is 17.9 Å². The van der Waals surface area contributed by atoms with Crippen LogP contribution in [0.4, 0.5) is 15.0 Å². The highest BCUT2D eigenvalue weighted by molar-refractivity contribution is 5.97. The lowest BCUT2D eigenvalue weighted by atomic mass is 9.71. The molecule has 10 nitrogen and oxygen atoms in total. The van der Waals surface area contributed by atoms with E-state index >= 15 is 0 Å². The van der Waals surface area contributed by atoms with Crippen LogP contribution in [0.2, 0.25) is 0 Å². The number of halogens is 1. The predicted molar refractivity (Wildman–Crippen MR) is 166 cm³/mol. The van der Waals surface area contributed by atoms with Crippen molar-refractivity contribution in [3.05, 3.63) is 42.1 Å². The molecular weight excluding hydrogens is 561 g/mol. The lowest BCUT2D eigenvalue weighted by Crippen LogP contribution is -2.61. The van der Waals surface area contributed by atoms with Gasteiger partial charge in [-0.3, -0.25) is 4.79 Å². The molecule has 0 radical (unpaired) electrons. The van der Waals surface area contributed by atoms with Gasteiger partial charge in [0.15, 0.2) is 11.6 Å². The first-order chi connectivity index (χ1) is 21.1. The molecule has 11 heteroatoms. The van der Waals surface area contributed by atoms with Crippen LogP contribution in [-0.4, -0.2) is 88.6 Å². The van der Waals surface area contributed by atoms with Gasteiger partial charge >= 0.3 is 6.03 Å². The average Bonchev–Trinajstić information content (AvgIpc) is 3.34. The summed E-state index contributed by atoms with van der Waals surface area (Å²) < 4.78 is 20.6. The van der Waals surface area contributed by atoms with E-state index in [4.69, 9.17) is 4.74 Å². The molecule has 3 aliphatic heterocycles. The zero-order valence-electron chi connectivity index (χ0n) is 26.4. The highest BCUT2D eigenvalue weighted by atomic mass is 19.1. The van der Waals surface area contributed by atoms with Crippen LogP contribution < -0.4 is 20.3 Å². The third-order valence-corrected chi connectivity index (χ3v) is 10.2. The van der Waals surface area contributed by atoms with Crippen molar-refractivity contribution in [2.45, 2.75) is 83.8 Å². The van der Waals surface area contributed by atoms with Gasteiger partial charge in [0.2, 0.25) is 0 Å². The Hall–Kier alpha value is -3.47. The van der Waals surface area contributed by atoms with Gasteiger partial charge in [-0.2, -0.15) is 0 Å². The second-order valence-corrected chi connectivity index (χ2v) is 14.0. The SMILES string of the molecule is CC(C)N(C(=O)c1cc(F)ccc1Oc1cncnc1N1CC2(CCN(CC3CCC4(CC3)CNC(=O)N4)CC2)C1)C(C)C. The number of hydrogen-bond donors (Lipinski definition) is 2. The number of likely N-dealkylation sites (tertiary alicyclic amines) is 1. The fourth-order valence-electron chi connectivity index (χ4n) is 7.80. The lowest BCUT2D eigenvalue weighted by Gasteiger charge is -2.55. The number of anilines is 1. The maximum absolute atomic E-state index is 14.3. The molecular formula is C33H46FN7O3. The van der Waals surface area contributed by atoms with Gasteiger partial charge in [-0.15, -0.1) is 0 Å². The molecule has 238 valence electrons. The van der Waals surface area contributed by atoms with E-state index in [-0.39, 0.29) is 40.5 Å². The van der Waals surface area contributed by atoms with Crippen molar-refractivity contribution in [2.75, 3.05) is 44.2 Å². The molecule has 0 unspecified atom stereocenters. The Labute approximate surface area is 259 Å². The number of benzene rings is 1. The Kier molecular flexibility index (Phi) is 8.43. The summed E-state index contributed by atoms with van der Waals surface area (Å²) >= 11 is 0. The predicted octanol–water partition coefficient (Wildman–Crippen LogP) is 4.81. The van der Waals surface area contributed by atoms with Crippen LogP contribution in [0.1, 0.15) is 76.6 Å². The van der Waals surface area contributed by atoms with E-state index < -0.39 is 5.82 Å². The normalized spacial score (nSPS) is 24.8. The summed E-state index contributed by atoms with van der Waals surface area (Å²) in [6.07, 6.45) is 9.91. The Bertz CT molecular complexity index is 1350. The summed E-state index contributed by atoms with van der Waals surface area (Å²) in [4.78, 5) is 40.5. The van der Waals surface area contributed by atoms with Crippen molar-refractivity contribution in [1.29, 1.82) is 0 Å². The van der Waals surface area contributed by atoms with Crippen molar-refractivity contribution >= 4 is 17.8 Å². The van der Waals surface area contributed by atoms with Crippen molar-refractivity contribution in [1.82, 2.24) is 30.4 Å². The summed E-state index contributed by atoms with van der Waals surface area (Å²) in [6, 6.07) is 3.96. The molecule has 44 heavy (non-hydrogen) atoms. The van der Waals surface area contributed by atoms with Crippen LogP contribution in [0.15, 0.2) is 30.7 Å². The Balaban J connectivity index is 1.06. The van der Waals surface area contributed by atoms with Gasteiger partial charge in [0.05, 0.1) is 17.3 Å². The van der Waals surface area contributed by atoms with Gasteiger partial charge in [-0.1, -0.05) is 0 Å². The third kappa shape index (κ3) is 6.20. The maximum atomic E-state index is 14.3. The van der Waals surface area contributed by atoms with Crippen LogP contribution in [0.5, 0.6) is 11.5 Å². The number of nitrogens with one attached hydrogen (secondary N) is 2. The summed E-state index contributed by atoms with van der Waals surface area (Å²) in [7, 11) is 0. The molecule has 1 aliphatic carbocycles. The second kappa shape index (κ2) is 12.1. The fraction of sp³-hybridized carbons (Fsp3) is 0.636. The van der Waals surface area contributed by atoms with E-state index in [1.807, 2.05) is 27.7 Å². The van der Waals surface area contributed by atoms with Crippen LogP contribution in [0.3, 0.4) is 0 Å². The largest absolute Gasteiger partial charge is 0.451 e. The molecule has 2 N–H and O–H groups in total. The quantitative estimate of drug-likeness (QED) is 0.444. The molecule has 0 atom stereocenters. The van der Waals surface area contributed by atoms with Crippen molar-refractivity contribution in [2.24, 2.45) is 11.3 Å². The van der Waals surface area contributed by atoms with E-state index in [1.54, 1.807) is 11.1 Å². The van der Waals surface area contributed by atoms with Crippen LogP contribution >= 0.6 is 0 Å². The van der Waals surface area contributed by atoms with Crippen LogP contribution in [0, 0.1) is 17.2 Å². The molecule has 3 amide bonds. The Morgan fingerprint density at radius 3 is 2.43 bits per heavy atom. The summed E-state index contributed by atoms with van der Waals surface area (Å²) in [5.74, 6) is 1.40. The van der Waals surface area contributed by atoms with E-state index in [0.717, 1.165) is 65.0 Å². The van der Waals surface area contributed by atoms with E-state index in [0.29, 0.717) is 23.2 Å². The molecule has 2 aromatic rings. The fourth-order valence-corrected chi connectivity index (χ4v) is 7.80. The van der Waals surface area contributed by atoms with Gasteiger partial charge in [-0.05, 0) is 103 Å². The Morgan fingerprint density at radius 2 is 1.80 bits per heavy atom. The van der Waals surface area contributed by atoms with Crippen molar-refractivity contribution in [3.63, 3.8) is 0 Å². The van der Waals surface area contributed by atoms with Gasteiger partial charge in [0, 0.05) is 43.7 Å². The molecule has 1 aromatic carbocycles. The van der Waals surface area contributed by atoms with Crippen LogP contribution in [0.25, 0.3) is 0 Å². The van der Waals surface area contributed by atoms with Crippen molar-refractivity contribution in [3.8, 4) is 11.5 Å². The zero-order valence-corrected chi connectivity index (χ0v) is 26.4. The molecule has 1 saturated carbocycles. The highest BCUT2D eigenvalue weighted by Crippen LogP contribution is 2.45. The second-order valence-electron chi connectivity index (χ2n) is 14.0. The summed E-state index contributed by atoms with van der Waals surface area (Å²) in [5.41, 5.74) is 0.433. The summed E-state index contributed by atoms with van der Waals surface area (Å²) in [6.45, 7) is 13.7. The number of hydrogen-bond acceptors (Lipinski definition) is 7. The maximum Gasteiger partial charge on any atom is 0.315 e. The molecule has 4 aliphatic rings. The smallest absolute Gasteiger partial charge is 0.315 e. The lowest BCUT2D eigenvalue weighted by molar-refractivity contribution is 0.0588. The number of carbonyl (C=O) groups excluding carboxylic acids is 2. The first-order valence-corrected chi connectivity index (χ1v) is 16.2. The molecule has 2 spiro atoms. The molecule has 3 saturated heterocycles. The number of nitrogens with zero attached hydrogens (tertiary/aromatic N) is 5. The number of aromatic nitrogens is 2. The number of carbonyl (C=O) groups is 2. The zero-order chi connectivity index (χ0) is 31.1. The molecule has 1 aromatic heterocycles. The monoisotopic (exact) mass is 607 g/mol. The minimum Gasteiger partial charge on any atom is -0.451 e. The van der Waals surface area contributed by atoms with Crippen LogP contribution in [-0.2, 0) is 0 Å². The average molecular weight is 608 g/mol. The number of rotatable bonds is 8. The first kappa shape index (κ1) is 30.6. The van der Waals surface area contributed by atoms with Crippen molar-refractivity contribution < 1.29 is 18.7 Å². The number of urea groups is 1. The van der Waals surface area contributed by atoms with E-state index in [2.05, 4.69) is 30.4 Å². The highest BCUT2D eigenvalue weighted by Gasteiger charge is 2.47.